The molecule has 8 heteroatoms. The maximum absolute atomic E-state index is 12.4. The minimum atomic E-state index is 0. The molecular weight excluding hydrogens is 357 g/mol. The quantitative estimate of drug-likeness (QED) is 0.892. The van der Waals surface area contributed by atoms with E-state index in [1.165, 1.54) is 0 Å². The van der Waals surface area contributed by atoms with Gasteiger partial charge in [-0.15, -0.1) is 24.8 Å². The van der Waals surface area contributed by atoms with E-state index < -0.39 is 0 Å². The number of aryl methyl sites for hydroxylation is 1. The molecule has 0 unspecified atom stereocenters. The summed E-state index contributed by atoms with van der Waals surface area (Å²) in [5.41, 5.74) is 1.71. The highest BCUT2D eigenvalue weighted by atomic mass is 35.5. The van der Waals surface area contributed by atoms with Crippen LogP contribution in [0, 0.1) is 6.92 Å². The lowest BCUT2D eigenvalue weighted by atomic mass is 10.1. The average Bonchev–Trinajstić information content (AvgIpc) is 3.10. The molecule has 1 aliphatic heterocycles. The Morgan fingerprint density at radius 1 is 1.52 bits per heavy atom. The molecule has 5 nitrogen and oxygen atoms in total. The van der Waals surface area contributed by atoms with Gasteiger partial charge in [0.05, 0.1) is 12.1 Å². The van der Waals surface area contributed by atoms with Crippen LogP contribution in [0.4, 0.5) is 0 Å². The third-order valence-electron chi connectivity index (χ3n) is 3.80. The number of nitrogens with one attached hydrogen (secondary N) is 1. The van der Waals surface area contributed by atoms with E-state index in [0.29, 0.717) is 12.3 Å². The summed E-state index contributed by atoms with van der Waals surface area (Å²) in [6, 6.07) is 2.20. The van der Waals surface area contributed by atoms with Crippen molar-refractivity contribution in [3.05, 3.63) is 28.3 Å². The van der Waals surface area contributed by atoms with E-state index in [0.717, 1.165) is 36.7 Å². The summed E-state index contributed by atoms with van der Waals surface area (Å²) in [6.45, 7) is 6.40. The lowest BCUT2D eigenvalue weighted by Gasteiger charge is -2.33. The Kier molecular flexibility index (Phi) is 7.54. The molecular formula is C15H21Cl2N3O2S. The number of aromatic nitrogens is 1. The second-order valence-corrected chi connectivity index (χ2v) is 6.13. The van der Waals surface area contributed by atoms with E-state index >= 15 is 0 Å². The summed E-state index contributed by atoms with van der Waals surface area (Å²) < 4.78 is 5.69. The van der Waals surface area contributed by atoms with Gasteiger partial charge in [-0.3, -0.25) is 4.79 Å². The SMILES string of the molecule is Cc1oc(-c2ccsc2)nc1CC(=O)N1CCNC[C@H]1C.Cl.Cl. The van der Waals surface area contributed by atoms with Crippen LogP contribution in [0.15, 0.2) is 21.2 Å². The molecule has 0 radical (unpaired) electrons. The summed E-state index contributed by atoms with van der Waals surface area (Å²) in [7, 11) is 0. The van der Waals surface area contributed by atoms with Gasteiger partial charge in [0.2, 0.25) is 11.8 Å². The van der Waals surface area contributed by atoms with Crippen molar-refractivity contribution in [2.24, 2.45) is 0 Å². The number of thiophene rings is 1. The fraction of sp³-hybridized carbons (Fsp3) is 0.467. The first-order valence-electron chi connectivity index (χ1n) is 7.14. The molecule has 1 atom stereocenters. The van der Waals surface area contributed by atoms with Gasteiger partial charge in [0.15, 0.2) is 0 Å². The number of rotatable bonds is 3. The van der Waals surface area contributed by atoms with Crippen molar-refractivity contribution in [3.8, 4) is 11.5 Å². The first-order valence-corrected chi connectivity index (χ1v) is 8.08. The van der Waals surface area contributed by atoms with Crippen LogP contribution in [0.5, 0.6) is 0 Å². The standard InChI is InChI=1S/C15H19N3O2S.2ClH/c1-10-8-16-4-5-18(10)14(19)7-13-11(2)20-15(17-13)12-3-6-21-9-12;;/h3,6,9-10,16H,4-5,7-8H2,1-2H3;2*1H/t10-;;/m1../s1. The van der Waals surface area contributed by atoms with Crippen LogP contribution in [0.1, 0.15) is 18.4 Å². The van der Waals surface area contributed by atoms with Crippen molar-refractivity contribution >= 4 is 42.1 Å². The van der Waals surface area contributed by atoms with Gasteiger partial charge in [0, 0.05) is 36.6 Å². The molecule has 1 N–H and O–H groups in total. The molecule has 2 aromatic rings. The first-order chi connectivity index (χ1) is 10.1. The van der Waals surface area contributed by atoms with Crippen LogP contribution in [0.25, 0.3) is 11.5 Å². The Morgan fingerprint density at radius 2 is 2.30 bits per heavy atom. The lowest BCUT2D eigenvalue weighted by molar-refractivity contribution is -0.133. The summed E-state index contributed by atoms with van der Waals surface area (Å²) in [5.74, 6) is 1.45. The topological polar surface area (TPSA) is 58.4 Å². The number of carbonyl (C=O) groups excluding carboxylic acids is 1. The number of nitrogens with zero attached hydrogens (tertiary/aromatic N) is 2. The van der Waals surface area contributed by atoms with E-state index in [9.17, 15) is 4.79 Å². The van der Waals surface area contributed by atoms with E-state index in [1.807, 2.05) is 28.7 Å². The highest BCUT2D eigenvalue weighted by molar-refractivity contribution is 7.08. The number of hydrogen-bond donors (Lipinski definition) is 1. The van der Waals surface area contributed by atoms with Crippen molar-refractivity contribution < 1.29 is 9.21 Å². The molecule has 3 heterocycles. The van der Waals surface area contributed by atoms with E-state index in [-0.39, 0.29) is 36.8 Å². The number of carbonyl (C=O) groups is 1. The fourth-order valence-electron chi connectivity index (χ4n) is 2.56. The van der Waals surface area contributed by atoms with E-state index in [2.05, 4.69) is 17.2 Å². The summed E-state index contributed by atoms with van der Waals surface area (Å²) >= 11 is 1.60. The van der Waals surface area contributed by atoms with Gasteiger partial charge >= 0.3 is 0 Å². The maximum Gasteiger partial charge on any atom is 0.229 e. The van der Waals surface area contributed by atoms with Crippen LogP contribution in [0.3, 0.4) is 0 Å². The molecule has 23 heavy (non-hydrogen) atoms. The van der Waals surface area contributed by atoms with Crippen LogP contribution in [-0.2, 0) is 11.2 Å². The minimum Gasteiger partial charge on any atom is -0.441 e. The van der Waals surface area contributed by atoms with Gasteiger partial charge in [0.25, 0.3) is 0 Å². The van der Waals surface area contributed by atoms with Crippen molar-refractivity contribution in [2.45, 2.75) is 26.3 Å². The molecule has 128 valence electrons. The third-order valence-corrected chi connectivity index (χ3v) is 4.48. The zero-order valence-electron chi connectivity index (χ0n) is 13.1. The molecule has 1 aliphatic rings. The van der Waals surface area contributed by atoms with Crippen LogP contribution in [-0.4, -0.2) is 41.5 Å². The van der Waals surface area contributed by atoms with E-state index in [1.54, 1.807) is 11.3 Å². The summed E-state index contributed by atoms with van der Waals surface area (Å²) in [5, 5.41) is 7.27. The van der Waals surface area contributed by atoms with Gasteiger partial charge < -0.3 is 14.6 Å². The predicted octanol–water partition coefficient (Wildman–Crippen LogP) is 2.92. The lowest BCUT2D eigenvalue weighted by Crippen LogP contribution is -2.52. The van der Waals surface area contributed by atoms with Crippen LogP contribution >= 0.6 is 36.2 Å². The Balaban J connectivity index is 0.00000132. The van der Waals surface area contributed by atoms with Crippen molar-refractivity contribution in [1.82, 2.24) is 15.2 Å². The predicted molar refractivity (Wildman–Crippen MR) is 96.8 cm³/mol. The van der Waals surface area contributed by atoms with E-state index in [4.69, 9.17) is 4.42 Å². The second kappa shape index (κ2) is 8.68. The first kappa shape index (κ1) is 20.0. The van der Waals surface area contributed by atoms with Crippen molar-refractivity contribution in [3.63, 3.8) is 0 Å². The van der Waals surface area contributed by atoms with Crippen molar-refractivity contribution in [1.29, 1.82) is 0 Å². The molecule has 0 aromatic carbocycles. The fourth-order valence-corrected chi connectivity index (χ4v) is 3.19. The molecule has 3 rings (SSSR count). The van der Waals surface area contributed by atoms with Gasteiger partial charge in [-0.05, 0) is 25.3 Å². The number of halogens is 2. The van der Waals surface area contributed by atoms with Gasteiger partial charge in [-0.2, -0.15) is 11.3 Å². The summed E-state index contributed by atoms with van der Waals surface area (Å²) in [4.78, 5) is 18.9. The zero-order chi connectivity index (χ0) is 14.8. The normalized spacial score (nSPS) is 17.3. The number of piperazine rings is 1. The summed E-state index contributed by atoms with van der Waals surface area (Å²) in [6.07, 6.45) is 0.309. The molecule has 1 fully saturated rings. The second-order valence-electron chi connectivity index (χ2n) is 5.35. The van der Waals surface area contributed by atoms with Crippen molar-refractivity contribution in [2.75, 3.05) is 19.6 Å². The number of oxazole rings is 1. The maximum atomic E-state index is 12.4. The smallest absolute Gasteiger partial charge is 0.229 e. The molecule has 1 saturated heterocycles. The van der Waals surface area contributed by atoms with Gasteiger partial charge in [-0.1, -0.05) is 0 Å². The van der Waals surface area contributed by atoms with Gasteiger partial charge in [0.1, 0.15) is 5.76 Å². The molecule has 0 spiro atoms. The minimum absolute atomic E-state index is 0. The Bertz CT molecular complexity index is 631. The van der Waals surface area contributed by atoms with Gasteiger partial charge in [-0.25, -0.2) is 4.98 Å². The van der Waals surface area contributed by atoms with Crippen LogP contribution in [0.2, 0.25) is 0 Å². The molecule has 1 amide bonds. The Labute approximate surface area is 152 Å². The molecule has 0 saturated carbocycles. The average molecular weight is 378 g/mol. The molecule has 0 bridgehead atoms. The Hall–Kier alpha value is -1.08. The zero-order valence-corrected chi connectivity index (χ0v) is 15.5. The molecule has 2 aromatic heterocycles. The molecule has 0 aliphatic carbocycles. The third kappa shape index (κ3) is 4.47. The van der Waals surface area contributed by atoms with Crippen LogP contribution < -0.4 is 5.32 Å². The highest BCUT2D eigenvalue weighted by Gasteiger charge is 2.24. The highest BCUT2D eigenvalue weighted by Crippen LogP contribution is 2.24. The monoisotopic (exact) mass is 377 g/mol. The number of amides is 1. The Morgan fingerprint density at radius 3 is 2.96 bits per heavy atom. The largest absolute Gasteiger partial charge is 0.441 e. The number of hydrogen-bond acceptors (Lipinski definition) is 5.